The Bertz CT molecular complexity index is 578. The highest BCUT2D eigenvalue weighted by Crippen LogP contribution is 2.42. The number of hydrogen-bond acceptors (Lipinski definition) is 1. The Morgan fingerprint density at radius 2 is 1.36 bits per heavy atom. The van der Waals surface area contributed by atoms with E-state index in [2.05, 4.69) is 65.6 Å². The number of fused-ring (bicyclic) bond motifs is 2. The van der Waals surface area contributed by atoms with Crippen LogP contribution in [0.4, 0.5) is 5.69 Å². The second-order valence-corrected chi connectivity index (χ2v) is 7.05. The first-order valence-electron chi connectivity index (χ1n) is 8.74. The molecule has 1 nitrogen and oxygen atoms in total. The summed E-state index contributed by atoms with van der Waals surface area (Å²) in [6, 6.07) is 22.1. The van der Waals surface area contributed by atoms with Crippen LogP contribution in [0.2, 0.25) is 0 Å². The molecule has 1 aliphatic carbocycles. The molecule has 114 valence electrons. The fourth-order valence-corrected chi connectivity index (χ4v) is 4.62. The molecule has 2 fully saturated rings. The number of nitrogens with zero attached hydrogens (tertiary/aromatic N) is 1. The zero-order valence-corrected chi connectivity index (χ0v) is 13.2. The molecule has 2 aromatic carbocycles. The lowest BCUT2D eigenvalue weighted by molar-refractivity contribution is 0.126. The fraction of sp³-hybridized carbons (Fsp3) is 0.429. The van der Waals surface area contributed by atoms with Gasteiger partial charge in [0, 0.05) is 18.8 Å². The molecule has 0 amide bonds. The van der Waals surface area contributed by atoms with Gasteiger partial charge >= 0.3 is 0 Å². The van der Waals surface area contributed by atoms with Gasteiger partial charge in [-0.1, -0.05) is 55.0 Å². The second-order valence-electron chi connectivity index (χ2n) is 7.05. The summed E-state index contributed by atoms with van der Waals surface area (Å²) in [5, 5.41) is 0. The minimum atomic E-state index is 0.868. The summed E-state index contributed by atoms with van der Waals surface area (Å²) >= 11 is 0. The fourth-order valence-electron chi connectivity index (χ4n) is 4.62. The van der Waals surface area contributed by atoms with E-state index < -0.39 is 0 Å². The predicted octanol–water partition coefficient (Wildman–Crippen LogP) is 4.78. The van der Waals surface area contributed by atoms with Gasteiger partial charge in [0.15, 0.2) is 0 Å². The van der Waals surface area contributed by atoms with Gasteiger partial charge in [0.1, 0.15) is 0 Å². The van der Waals surface area contributed by atoms with E-state index in [9.17, 15) is 0 Å². The summed E-state index contributed by atoms with van der Waals surface area (Å²) in [6.07, 6.45) is 5.54. The van der Waals surface area contributed by atoms with Gasteiger partial charge in [-0.25, -0.2) is 0 Å². The Balaban J connectivity index is 1.52. The molecule has 2 aliphatic rings. The lowest BCUT2D eigenvalue weighted by Crippen LogP contribution is -2.49. The van der Waals surface area contributed by atoms with Crippen molar-refractivity contribution in [1.29, 1.82) is 0 Å². The van der Waals surface area contributed by atoms with Gasteiger partial charge in [-0.05, 0) is 54.7 Å². The molecule has 22 heavy (non-hydrogen) atoms. The van der Waals surface area contributed by atoms with Gasteiger partial charge in [0.05, 0.1) is 0 Å². The van der Waals surface area contributed by atoms with E-state index >= 15 is 0 Å². The minimum absolute atomic E-state index is 0.868. The van der Waals surface area contributed by atoms with Crippen LogP contribution in [-0.4, -0.2) is 13.1 Å². The van der Waals surface area contributed by atoms with E-state index in [-0.39, 0.29) is 0 Å². The van der Waals surface area contributed by atoms with Crippen molar-refractivity contribution in [2.75, 3.05) is 18.0 Å². The highest BCUT2D eigenvalue weighted by Gasteiger charge is 2.39. The average Bonchev–Trinajstić information content (AvgIpc) is 2.56. The topological polar surface area (TPSA) is 3.24 Å². The zero-order chi connectivity index (χ0) is 14.8. The lowest BCUT2D eigenvalue weighted by Gasteiger charge is -2.48. The van der Waals surface area contributed by atoms with Crippen molar-refractivity contribution in [3.63, 3.8) is 0 Å². The predicted molar refractivity (Wildman–Crippen MR) is 93.1 cm³/mol. The molecule has 1 saturated carbocycles. The van der Waals surface area contributed by atoms with Gasteiger partial charge in [-0.3, -0.25) is 0 Å². The molecule has 0 spiro atoms. The van der Waals surface area contributed by atoms with Crippen LogP contribution in [0.5, 0.6) is 0 Å². The smallest absolute Gasteiger partial charge is 0.0366 e. The molecular weight excluding hydrogens is 266 g/mol. The Hall–Kier alpha value is -1.76. The van der Waals surface area contributed by atoms with Crippen LogP contribution in [0, 0.1) is 17.8 Å². The van der Waals surface area contributed by atoms with Gasteiger partial charge in [-0.2, -0.15) is 0 Å². The summed E-state index contributed by atoms with van der Waals surface area (Å²) in [7, 11) is 0. The van der Waals surface area contributed by atoms with E-state index in [4.69, 9.17) is 0 Å². The first-order chi connectivity index (χ1) is 10.9. The largest absolute Gasteiger partial charge is 0.371 e. The van der Waals surface area contributed by atoms with Crippen molar-refractivity contribution in [1.82, 2.24) is 0 Å². The first kappa shape index (κ1) is 13.9. The maximum Gasteiger partial charge on any atom is 0.0366 e. The summed E-state index contributed by atoms with van der Waals surface area (Å²) in [6.45, 7) is 2.50. The Morgan fingerprint density at radius 3 is 2.00 bits per heavy atom. The summed E-state index contributed by atoms with van der Waals surface area (Å²) in [4.78, 5) is 2.63. The van der Waals surface area contributed by atoms with Crippen molar-refractivity contribution >= 4 is 5.69 Å². The molecule has 2 bridgehead atoms. The number of piperidine rings is 1. The molecule has 0 aromatic heterocycles. The van der Waals surface area contributed by atoms with E-state index in [1.165, 1.54) is 50.0 Å². The second kappa shape index (κ2) is 6.16. The minimum Gasteiger partial charge on any atom is -0.371 e. The van der Waals surface area contributed by atoms with Gasteiger partial charge < -0.3 is 4.90 Å². The van der Waals surface area contributed by atoms with E-state index in [0.29, 0.717) is 0 Å². The maximum absolute atomic E-state index is 2.63. The third kappa shape index (κ3) is 2.77. The van der Waals surface area contributed by atoms with E-state index in [1.807, 2.05) is 0 Å². The molecular formula is C21H25N. The van der Waals surface area contributed by atoms with Crippen LogP contribution in [-0.2, 0) is 6.42 Å². The van der Waals surface area contributed by atoms with Gasteiger partial charge in [0.25, 0.3) is 0 Å². The molecule has 4 rings (SSSR count). The number of hydrogen-bond donors (Lipinski definition) is 0. The van der Waals surface area contributed by atoms with Crippen LogP contribution in [0.3, 0.4) is 0 Å². The van der Waals surface area contributed by atoms with Crippen LogP contribution < -0.4 is 4.90 Å². The average molecular weight is 291 g/mol. The van der Waals surface area contributed by atoms with Crippen molar-refractivity contribution in [2.24, 2.45) is 17.8 Å². The third-order valence-electron chi connectivity index (χ3n) is 5.71. The molecule has 0 N–H and O–H groups in total. The molecule has 1 heterocycles. The Kier molecular flexibility index (Phi) is 3.88. The summed E-state index contributed by atoms with van der Waals surface area (Å²) in [5.41, 5.74) is 2.94. The summed E-state index contributed by atoms with van der Waals surface area (Å²) in [5.74, 6) is 2.62. The molecule has 2 unspecified atom stereocenters. The highest BCUT2D eigenvalue weighted by atomic mass is 15.1. The van der Waals surface area contributed by atoms with Crippen molar-refractivity contribution in [3.05, 3.63) is 66.2 Å². The van der Waals surface area contributed by atoms with Crippen LogP contribution in [0.25, 0.3) is 0 Å². The number of anilines is 1. The van der Waals surface area contributed by atoms with Gasteiger partial charge in [-0.15, -0.1) is 0 Å². The third-order valence-corrected chi connectivity index (χ3v) is 5.71. The van der Waals surface area contributed by atoms with Crippen LogP contribution in [0.15, 0.2) is 60.7 Å². The SMILES string of the molecule is c1ccc(CC2C3CCC[C@H]2CN(c2ccccc2)C3)cc1. The van der Waals surface area contributed by atoms with Crippen molar-refractivity contribution in [3.8, 4) is 0 Å². The van der Waals surface area contributed by atoms with E-state index in [1.54, 1.807) is 0 Å². The molecule has 1 saturated heterocycles. The summed E-state index contributed by atoms with van der Waals surface area (Å²) < 4.78 is 0. The van der Waals surface area contributed by atoms with Gasteiger partial charge in [0.2, 0.25) is 0 Å². The number of rotatable bonds is 3. The molecule has 1 aliphatic heterocycles. The van der Waals surface area contributed by atoms with Crippen LogP contribution in [0.1, 0.15) is 24.8 Å². The lowest BCUT2D eigenvalue weighted by atomic mass is 9.67. The molecule has 2 aromatic rings. The van der Waals surface area contributed by atoms with E-state index in [0.717, 1.165) is 17.8 Å². The Labute approximate surface area is 134 Å². The highest BCUT2D eigenvalue weighted by molar-refractivity contribution is 5.46. The van der Waals surface area contributed by atoms with Crippen molar-refractivity contribution < 1.29 is 0 Å². The first-order valence-corrected chi connectivity index (χ1v) is 8.74. The molecule has 0 radical (unpaired) electrons. The normalized spacial score (nSPS) is 27.6. The molecule has 1 heteroatoms. The van der Waals surface area contributed by atoms with Crippen LogP contribution >= 0.6 is 0 Å². The Morgan fingerprint density at radius 1 is 0.773 bits per heavy atom. The number of para-hydroxylation sites is 1. The zero-order valence-electron chi connectivity index (χ0n) is 13.2. The quantitative estimate of drug-likeness (QED) is 0.786. The number of benzene rings is 2. The standard InChI is InChI=1S/C21H25N/c1-3-8-17(9-4-1)14-21-18-10-7-11-19(21)16-22(15-18)20-12-5-2-6-13-20/h1-6,8-9,12-13,18-19,21H,7,10-11,14-16H2/t18-,19?,21?/m0/s1. The molecule has 3 atom stereocenters. The van der Waals surface area contributed by atoms with Crippen molar-refractivity contribution in [2.45, 2.75) is 25.7 Å². The maximum atomic E-state index is 2.63. The monoisotopic (exact) mass is 291 g/mol.